The quantitative estimate of drug-likeness (QED) is 0.108. The maximum Gasteiger partial charge on any atom is 0.0541 e. The molecule has 0 atom stereocenters. The smallest absolute Gasteiger partial charge is 0.0541 e. The summed E-state index contributed by atoms with van der Waals surface area (Å²) in [5.74, 6) is 0. The summed E-state index contributed by atoms with van der Waals surface area (Å²) in [6.45, 7) is 0. The molecular formula is C112H74N2. The molecule has 0 aliphatic rings. The fourth-order valence-corrected chi connectivity index (χ4v) is 17.8. The number of fused-ring (bicyclic) bond motifs is 10. The third-order valence-corrected chi connectivity index (χ3v) is 23.2. The summed E-state index contributed by atoms with van der Waals surface area (Å²) in [6, 6.07) is 164. The van der Waals surface area contributed by atoms with E-state index in [1.807, 2.05) is 0 Å². The lowest BCUT2D eigenvalue weighted by atomic mass is 9.86. The molecule has 0 saturated heterocycles. The van der Waals surface area contributed by atoms with Crippen LogP contribution in [0.3, 0.4) is 0 Å². The molecule has 2 heteroatoms. The van der Waals surface area contributed by atoms with Gasteiger partial charge in [0.2, 0.25) is 0 Å². The Balaban J connectivity index is 0.000000146. The largest absolute Gasteiger partial charge is 0.309 e. The first-order valence-electron chi connectivity index (χ1n) is 39.4. The van der Waals surface area contributed by atoms with Gasteiger partial charge in [0.05, 0.1) is 22.1 Å². The molecule has 22 aromatic rings. The molecule has 22 rings (SSSR count). The van der Waals surface area contributed by atoms with E-state index >= 15 is 0 Å². The molecule has 20 aromatic carbocycles. The molecule has 2 aromatic heterocycles. The van der Waals surface area contributed by atoms with Crippen molar-refractivity contribution in [1.29, 1.82) is 0 Å². The Morgan fingerprint density at radius 2 is 0.254 bits per heavy atom. The predicted octanol–water partition coefficient (Wildman–Crippen LogP) is 30.9. The van der Waals surface area contributed by atoms with Crippen LogP contribution in [0.25, 0.3) is 209 Å². The van der Waals surface area contributed by atoms with Crippen molar-refractivity contribution in [3.8, 4) is 123 Å². The van der Waals surface area contributed by atoms with Crippen LogP contribution in [-0.4, -0.2) is 9.13 Å². The van der Waals surface area contributed by atoms with Gasteiger partial charge >= 0.3 is 0 Å². The van der Waals surface area contributed by atoms with Gasteiger partial charge in [-0.2, -0.15) is 0 Å². The van der Waals surface area contributed by atoms with E-state index in [2.05, 4.69) is 458 Å². The zero-order valence-electron chi connectivity index (χ0n) is 62.6. The summed E-state index contributed by atoms with van der Waals surface area (Å²) in [5, 5.41) is 15.1. The Hall–Kier alpha value is -15.0. The molecule has 0 unspecified atom stereocenters. The average Bonchev–Trinajstić information content (AvgIpc) is 1.24. The minimum Gasteiger partial charge on any atom is -0.309 e. The van der Waals surface area contributed by atoms with Crippen LogP contribution in [-0.2, 0) is 0 Å². The van der Waals surface area contributed by atoms with Gasteiger partial charge in [-0.25, -0.2) is 0 Å². The Morgan fingerprint density at radius 1 is 0.105 bits per heavy atom. The van der Waals surface area contributed by atoms with Crippen LogP contribution in [0.1, 0.15) is 0 Å². The summed E-state index contributed by atoms with van der Waals surface area (Å²) in [6.07, 6.45) is 0. The lowest BCUT2D eigenvalue weighted by molar-refractivity contribution is 1.18. The fourth-order valence-electron chi connectivity index (χ4n) is 17.8. The highest BCUT2D eigenvalue weighted by atomic mass is 15.0. The van der Waals surface area contributed by atoms with Gasteiger partial charge in [0.25, 0.3) is 0 Å². The number of hydrogen-bond acceptors (Lipinski definition) is 0. The maximum absolute atomic E-state index is 2.44. The van der Waals surface area contributed by atoms with E-state index in [0.717, 1.165) is 11.4 Å². The number of aromatic nitrogens is 2. The zero-order valence-corrected chi connectivity index (χ0v) is 62.6. The molecule has 114 heavy (non-hydrogen) atoms. The average molecular weight is 1450 g/mol. The van der Waals surface area contributed by atoms with E-state index in [-0.39, 0.29) is 0 Å². The van der Waals surface area contributed by atoms with Gasteiger partial charge < -0.3 is 9.13 Å². The van der Waals surface area contributed by atoms with E-state index in [0.29, 0.717) is 0 Å². The highest BCUT2D eigenvalue weighted by Crippen LogP contribution is 2.48. The van der Waals surface area contributed by atoms with Crippen molar-refractivity contribution in [2.45, 2.75) is 0 Å². The molecule has 532 valence electrons. The molecule has 0 aliphatic heterocycles. The standard InChI is InChI=1S/C62H41N.C50H33N/c1-4-14-42(15-5-1)44-24-28-46(29-25-44)50-34-38-59-57(40-50)58-41-51(47-30-26-45(27-31-47)43-16-6-2-7-17-43)35-39-60(58)63(59)52-36-32-49(33-37-52)62-55-22-12-10-20-53(55)61(48-18-8-3-9-19-48)54-21-11-13-23-56(54)62;1-4-14-34(15-5-1)38-26-30-47-45(32-38)46-33-39(35-16-6-2-7-17-35)27-31-48(46)51(47)40-28-24-37(25-29-40)50-43-22-12-10-20-41(43)49(36-18-8-3-9-19-36)42-21-11-13-23-44(42)50/h1-41H;1-33H. The topological polar surface area (TPSA) is 9.86 Å². The zero-order chi connectivity index (χ0) is 75.4. The summed E-state index contributed by atoms with van der Waals surface area (Å²) in [4.78, 5) is 0. The van der Waals surface area contributed by atoms with Gasteiger partial charge in [0, 0.05) is 32.9 Å². The first-order valence-corrected chi connectivity index (χ1v) is 39.4. The molecule has 0 aliphatic carbocycles. The fraction of sp³-hybridized carbons (Fsp3) is 0. The van der Waals surface area contributed by atoms with Crippen molar-refractivity contribution in [1.82, 2.24) is 9.13 Å². The summed E-state index contributed by atoms with van der Waals surface area (Å²) in [5.41, 5.74) is 31.6. The summed E-state index contributed by atoms with van der Waals surface area (Å²) >= 11 is 0. The second-order valence-electron chi connectivity index (χ2n) is 29.7. The second-order valence-corrected chi connectivity index (χ2v) is 29.7. The Bertz CT molecular complexity index is 7000. The van der Waals surface area contributed by atoms with E-state index in [1.54, 1.807) is 0 Å². The predicted molar refractivity (Wildman–Crippen MR) is 486 cm³/mol. The van der Waals surface area contributed by atoms with Crippen molar-refractivity contribution in [3.05, 3.63) is 449 Å². The first-order chi connectivity index (χ1) is 56.6. The molecule has 0 spiro atoms. The van der Waals surface area contributed by atoms with Gasteiger partial charge in [-0.15, -0.1) is 0 Å². The molecular weight excluding hydrogens is 1370 g/mol. The van der Waals surface area contributed by atoms with Gasteiger partial charge in [-0.1, -0.05) is 376 Å². The van der Waals surface area contributed by atoms with Gasteiger partial charge in [0.1, 0.15) is 0 Å². The number of hydrogen-bond donors (Lipinski definition) is 0. The van der Waals surface area contributed by atoms with E-state index in [9.17, 15) is 0 Å². The van der Waals surface area contributed by atoms with E-state index in [1.165, 1.54) is 198 Å². The van der Waals surface area contributed by atoms with Gasteiger partial charge in [-0.05, 0) is 227 Å². The lowest BCUT2D eigenvalue weighted by Gasteiger charge is -2.18. The summed E-state index contributed by atoms with van der Waals surface area (Å²) < 4.78 is 4.86. The normalized spacial score (nSPS) is 11.5. The van der Waals surface area contributed by atoms with Crippen LogP contribution >= 0.6 is 0 Å². The molecule has 0 radical (unpaired) electrons. The third-order valence-electron chi connectivity index (χ3n) is 23.2. The van der Waals surface area contributed by atoms with Crippen LogP contribution in [0.2, 0.25) is 0 Å². The van der Waals surface area contributed by atoms with Crippen molar-refractivity contribution in [3.63, 3.8) is 0 Å². The van der Waals surface area contributed by atoms with Crippen LogP contribution in [0.4, 0.5) is 0 Å². The molecule has 0 amide bonds. The minimum atomic E-state index is 1.13. The SMILES string of the molecule is c1ccc(-c2ccc(-c3ccc4c(c3)c3cc(-c5ccc(-c6ccccc6)cc5)ccc3n4-c3ccc(-c4c5ccccc5c(-c5ccccc5)c5ccccc45)cc3)cc2)cc1.c1ccc(-c2ccc3c(c2)c2cc(-c4ccccc4)ccc2n3-c2ccc(-c3c4ccccc4c(-c4ccccc4)c4ccccc34)cc2)cc1. The monoisotopic (exact) mass is 1450 g/mol. The van der Waals surface area contributed by atoms with Gasteiger partial charge in [0.15, 0.2) is 0 Å². The first kappa shape index (κ1) is 67.2. The van der Waals surface area contributed by atoms with Crippen molar-refractivity contribution in [2.75, 3.05) is 0 Å². The number of rotatable bonds is 12. The van der Waals surface area contributed by atoms with Crippen molar-refractivity contribution in [2.24, 2.45) is 0 Å². The second kappa shape index (κ2) is 28.8. The Kier molecular flexibility index (Phi) is 17.0. The van der Waals surface area contributed by atoms with Crippen LogP contribution in [0.5, 0.6) is 0 Å². The third kappa shape index (κ3) is 12.0. The van der Waals surface area contributed by atoms with Crippen LogP contribution < -0.4 is 0 Å². The van der Waals surface area contributed by atoms with E-state index < -0.39 is 0 Å². The number of nitrogens with zero attached hydrogens (tertiary/aromatic N) is 2. The number of benzene rings is 20. The Morgan fingerprint density at radius 3 is 0.474 bits per heavy atom. The minimum absolute atomic E-state index is 1.13. The molecule has 0 N–H and O–H groups in total. The van der Waals surface area contributed by atoms with Gasteiger partial charge in [-0.3, -0.25) is 0 Å². The van der Waals surface area contributed by atoms with Crippen LogP contribution in [0.15, 0.2) is 449 Å². The van der Waals surface area contributed by atoms with Crippen LogP contribution in [0, 0.1) is 0 Å². The molecule has 0 saturated carbocycles. The molecule has 0 fully saturated rings. The van der Waals surface area contributed by atoms with Crippen molar-refractivity contribution >= 4 is 86.7 Å². The molecule has 2 nitrogen and oxygen atoms in total. The maximum atomic E-state index is 2.44. The van der Waals surface area contributed by atoms with Crippen molar-refractivity contribution < 1.29 is 0 Å². The van der Waals surface area contributed by atoms with E-state index in [4.69, 9.17) is 0 Å². The summed E-state index contributed by atoms with van der Waals surface area (Å²) in [7, 11) is 0. The lowest BCUT2D eigenvalue weighted by Crippen LogP contribution is -1.95. The highest BCUT2D eigenvalue weighted by Gasteiger charge is 2.22. The highest BCUT2D eigenvalue weighted by molar-refractivity contribution is 6.23. The molecule has 2 heterocycles. The Labute approximate surface area is 662 Å². The molecule has 0 bridgehead atoms.